The molecule has 0 atom stereocenters. The van der Waals surface area contributed by atoms with Crippen LogP contribution in [0.2, 0.25) is 0 Å². The minimum absolute atomic E-state index is 0.291. The number of hydrogen-bond donors (Lipinski definition) is 1. The van der Waals surface area contributed by atoms with E-state index in [9.17, 15) is 4.79 Å². The smallest absolute Gasteiger partial charge is 0.265 e. The third-order valence-electron chi connectivity index (χ3n) is 6.46. The molecule has 37 heavy (non-hydrogen) atoms. The second-order valence-corrected chi connectivity index (χ2v) is 8.99. The van der Waals surface area contributed by atoms with E-state index in [1.165, 1.54) is 0 Å². The van der Waals surface area contributed by atoms with Crippen molar-refractivity contribution in [3.8, 4) is 16.9 Å². The van der Waals surface area contributed by atoms with Gasteiger partial charge in [-0.3, -0.25) is 4.79 Å². The molecular weight excluding hydrogens is 456 g/mol. The van der Waals surface area contributed by atoms with Gasteiger partial charge in [-0.05, 0) is 52.7 Å². The molecule has 1 amide bonds. The Morgan fingerprint density at radius 3 is 2.35 bits per heavy atom. The van der Waals surface area contributed by atoms with Crippen LogP contribution in [0.1, 0.15) is 21.6 Å². The molecule has 0 spiro atoms. The average molecular weight is 481 g/mol. The summed E-state index contributed by atoms with van der Waals surface area (Å²) >= 11 is 0. The van der Waals surface area contributed by atoms with Crippen LogP contribution in [0.25, 0.3) is 38.5 Å². The van der Waals surface area contributed by atoms with E-state index in [0.717, 1.165) is 49.6 Å². The molecule has 0 saturated carbocycles. The molecule has 5 aromatic carbocycles. The molecule has 0 aliphatic rings. The fraction of sp³-hybridized carbons (Fsp3) is 0.0312. The number of hydrogen-bond acceptors (Lipinski definition) is 3. The Kier molecular flexibility index (Phi) is 5.79. The third kappa shape index (κ3) is 4.50. The van der Waals surface area contributed by atoms with Gasteiger partial charge in [-0.15, -0.1) is 0 Å². The van der Waals surface area contributed by atoms with Crippen molar-refractivity contribution in [2.75, 3.05) is 0 Å². The molecule has 5 nitrogen and oxygen atoms in total. The summed E-state index contributed by atoms with van der Waals surface area (Å²) in [5.74, 6) is -0.371. The van der Waals surface area contributed by atoms with Crippen molar-refractivity contribution in [3.05, 3.63) is 132 Å². The summed E-state index contributed by atoms with van der Waals surface area (Å²) in [7, 11) is 0. The summed E-state index contributed by atoms with van der Waals surface area (Å²) in [5.41, 5.74) is 7.72. The molecule has 0 aliphatic carbocycles. The first kappa shape index (κ1) is 22.4. The predicted octanol–water partition coefficient (Wildman–Crippen LogP) is 6.92. The van der Waals surface area contributed by atoms with Gasteiger partial charge in [0.1, 0.15) is 0 Å². The van der Waals surface area contributed by atoms with Gasteiger partial charge in [-0.1, -0.05) is 96.6 Å². The highest BCUT2D eigenvalue weighted by Crippen LogP contribution is 2.28. The average Bonchev–Trinajstić information content (AvgIpc) is 3.39. The molecule has 0 saturated heterocycles. The SMILES string of the molecule is Cc1ccc(-n2nc(C(=O)N/N=C\c3cccc4ccccc34)cc2-c2ccc3ccccc3c2)cc1. The van der Waals surface area contributed by atoms with Gasteiger partial charge in [0.2, 0.25) is 0 Å². The summed E-state index contributed by atoms with van der Waals surface area (Å²) in [6.45, 7) is 2.05. The number of fused-ring (bicyclic) bond motifs is 2. The molecule has 1 aromatic heterocycles. The Morgan fingerprint density at radius 2 is 1.51 bits per heavy atom. The molecule has 6 aromatic rings. The van der Waals surface area contributed by atoms with Crippen LogP contribution >= 0.6 is 0 Å². The topological polar surface area (TPSA) is 59.3 Å². The van der Waals surface area contributed by atoms with Gasteiger partial charge in [0.05, 0.1) is 17.6 Å². The highest BCUT2D eigenvalue weighted by atomic mass is 16.2. The molecule has 5 heteroatoms. The molecule has 0 fully saturated rings. The summed E-state index contributed by atoms with van der Waals surface area (Å²) in [5, 5.41) is 13.4. The van der Waals surface area contributed by atoms with Crippen LogP contribution in [0.3, 0.4) is 0 Å². The minimum Gasteiger partial charge on any atom is -0.265 e. The Labute approximate surface area is 214 Å². The van der Waals surface area contributed by atoms with Crippen molar-refractivity contribution in [2.24, 2.45) is 5.10 Å². The van der Waals surface area contributed by atoms with Gasteiger partial charge in [-0.25, -0.2) is 10.1 Å². The molecule has 0 aliphatic heterocycles. The van der Waals surface area contributed by atoms with E-state index in [-0.39, 0.29) is 5.91 Å². The summed E-state index contributed by atoms with van der Waals surface area (Å²) in [6.07, 6.45) is 1.67. The first-order chi connectivity index (χ1) is 18.2. The van der Waals surface area contributed by atoms with Crippen LogP contribution in [0.4, 0.5) is 0 Å². The van der Waals surface area contributed by atoms with Gasteiger partial charge in [0.25, 0.3) is 5.91 Å². The van der Waals surface area contributed by atoms with Gasteiger partial charge < -0.3 is 0 Å². The zero-order valence-electron chi connectivity index (χ0n) is 20.3. The van der Waals surface area contributed by atoms with Gasteiger partial charge >= 0.3 is 0 Å². The largest absolute Gasteiger partial charge is 0.291 e. The van der Waals surface area contributed by atoms with E-state index in [1.807, 2.05) is 84.4 Å². The lowest BCUT2D eigenvalue weighted by Crippen LogP contribution is -2.18. The number of hydrazone groups is 1. The molecular formula is C32H24N4O. The molecule has 0 radical (unpaired) electrons. The Balaban J connectivity index is 1.34. The van der Waals surface area contributed by atoms with E-state index in [1.54, 1.807) is 6.21 Å². The molecule has 6 rings (SSSR count). The van der Waals surface area contributed by atoms with Crippen molar-refractivity contribution in [1.29, 1.82) is 0 Å². The quantitative estimate of drug-likeness (QED) is 0.215. The van der Waals surface area contributed by atoms with Crippen LogP contribution in [0.5, 0.6) is 0 Å². The number of carbonyl (C=O) groups is 1. The number of rotatable bonds is 5. The number of aryl methyl sites for hydroxylation is 1. The minimum atomic E-state index is -0.371. The van der Waals surface area contributed by atoms with Crippen LogP contribution in [-0.2, 0) is 0 Å². The van der Waals surface area contributed by atoms with Gasteiger partial charge in [0, 0.05) is 11.1 Å². The molecule has 0 bridgehead atoms. The van der Waals surface area contributed by atoms with Crippen molar-refractivity contribution in [3.63, 3.8) is 0 Å². The number of aromatic nitrogens is 2. The first-order valence-corrected chi connectivity index (χ1v) is 12.1. The normalized spacial score (nSPS) is 11.4. The lowest BCUT2D eigenvalue weighted by molar-refractivity contribution is 0.0949. The Hall–Kier alpha value is -5.03. The zero-order chi connectivity index (χ0) is 25.2. The number of nitrogens with one attached hydrogen (secondary N) is 1. The monoisotopic (exact) mass is 480 g/mol. The summed E-state index contributed by atoms with van der Waals surface area (Å²) in [6, 6.07) is 38.5. The van der Waals surface area contributed by atoms with Crippen LogP contribution < -0.4 is 5.43 Å². The van der Waals surface area contributed by atoms with Gasteiger partial charge in [-0.2, -0.15) is 10.2 Å². The Morgan fingerprint density at radius 1 is 0.784 bits per heavy atom. The van der Waals surface area contributed by atoms with E-state index in [4.69, 9.17) is 0 Å². The van der Waals surface area contributed by atoms with Crippen LogP contribution in [0.15, 0.2) is 120 Å². The van der Waals surface area contributed by atoms with Crippen LogP contribution in [0, 0.1) is 6.92 Å². The fourth-order valence-corrected chi connectivity index (χ4v) is 4.51. The maximum absolute atomic E-state index is 13.1. The van der Waals surface area contributed by atoms with E-state index < -0.39 is 0 Å². The van der Waals surface area contributed by atoms with E-state index in [2.05, 4.69) is 58.1 Å². The fourth-order valence-electron chi connectivity index (χ4n) is 4.51. The van der Waals surface area contributed by atoms with Crippen molar-refractivity contribution < 1.29 is 4.79 Å². The first-order valence-electron chi connectivity index (χ1n) is 12.1. The maximum Gasteiger partial charge on any atom is 0.291 e. The zero-order valence-corrected chi connectivity index (χ0v) is 20.3. The van der Waals surface area contributed by atoms with E-state index >= 15 is 0 Å². The van der Waals surface area contributed by atoms with E-state index in [0.29, 0.717) is 5.69 Å². The second-order valence-electron chi connectivity index (χ2n) is 8.99. The standard InChI is InChI=1S/C32H24N4O/c1-22-13-17-28(18-14-22)36-31(26-16-15-23-7-2-3-9-25(23)19-26)20-30(35-36)32(37)34-33-21-27-11-6-10-24-8-4-5-12-29(24)27/h2-21H,1H3,(H,34,37)/b33-21-. The number of carbonyl (C=O) groups excluding carboxylic acids is 1. The van der Waals surface area contributed by atoms with Crippen molar-refractivity contribution in [2.45, 2.75) is 6.92 Å². The molecule has 1 N–H and O–H groups in total. The van der Waals surface area contributed by atoms with Crippen LogP contribution in [-0.4, -0.2) is 21.9 Å². The third-order valence-corrected chi connectivity index (χ3v) is 6.46. The maximum atomic E-state index is 13.1. The lowest BCUT2D eigenvalue weighted by atomic mass is 10.0. The predicted molar refractivity (Wildman–Crippen MR) is 150 cm³/mol. The number of nitrogens with zero attached hydrogens (tertiary/aromatic N) is 3. The lowest BCUT2D eigenvalue weighted by Gasteiger charge is -2.09. The second kappa shape index (κ2) is 9.55. The summed E-state index contributed by atoms with van der Waals surface area (Å²) in [4.78, 5) is 13.1. The van der Waals surface area contributed by atoms with Crippen molar-refractivity contribution >= 4 is 33.7 Å². The molecule has 1 heterocycles. The highest BCUT2D eigenvalue weighted by Gasteiger charge is 2.17. The number of benzene rings is 5. The summed E-state index contributed by atoms with van der Waals surface area (Å²) < 4.78 is 1.81. The highest BCUT2D eigenvalue weighted by molar-refractivity contribution is 6.00. The van der Waals surface area contributed by atoms with Crippen molar-refractivity contribution in [1.82, 2.24) is 15.2 Å². The number of amides is 1. The molecule has 178 valence electrons. The Bertz CT molecular complexity index is 1780. The van der Waals surface area contributed by atoms with Gasteiger partial charge in [0.15, 0.2) is 5.69 Å². The molecule has 0 unspecified atom stereocenters.